The largest absolute Gasteiger partial charge is 0.466 e. The van der Waals surface area contributed by atoms with Crippen molar-refractivity contribution in [3.8, 4) is 0 Å². The fourth-order valence-corrected chi connectivity index (χ4v) is 1.92. The van der Waals surface area contributed by atoms with Gasteiger partial charge in [-0.25, -0.2) is 0 Å². The molecule has 2 atom stereocenters. The first-order valence-electron chi connectivity index (χ1n) is 6.09. The number of ether oxygens (including phenoxy) is 1. The SMILES string of the molecule is CCOC(=O)C(CC)C(C)(O)CCCC(F)(F)F. The van der Waals surface area contributed by atoms with E-state index < -0.39 is 30.1 Å². The van der Waals surface area contributed by atoms with Crippen LogP contribution in [-0.4, -0.2) is 29.5 Å². The Kier molecular flexibility index (Phi) is 6.67. The number of hydrogen-bond acceptors (Lipinski definition) is 3. The summed E-state index contributed by atoms with van der Waals surface area (Å²) < 4.78 is 40.9. The molecule has 18 heavy (non-hydrogen) atoms. The molecular weight excluding hydrogens is 249 g/mol. The van der Waals surface area contributed by atoms with Crippen LogP contribution in [0.1, 0.15) is 46.5 Å². The minimum atomic E-state index is -4.23. The molecule has 2 unspecified atom stereocenters. The fourth-order valence-electron chi connectivity index (χ4n) is 1.92. The van der Waals surface area contributed by atoms with Gasteiger partial charge < -0.3 is 9.84 Å². The van der Waals surface area contributed by atoms with Crippen molar-refractivity contribution >= 4 is 5.97 Å². The molecule has 3 nitrogen and oxygen atoms in total. The molecule has 0 aliphatic carbocycles. The number of carbonyl (C=O) groups is 1. The van der Waals surface area contributed by atoms with Gasteiger partial charge in [-0.2, -0.15) is 13.2 Å². The van der Waals surface area contributed by atoms with Gasteiger partial charge in [0.1, 0.15) is 0 Å². The number of hydrogen-bond donors (Lipinski definition) is 1. The van der Waals surface area contributed by atoms with Crippen LogP contribution in [0.4, 0.5) is 13.2 Å². The van der Waals surface area contributed by atoms with Crippen molar-refractivity contribution in [2.45, 2.75) is 58.2 Å². The molecule has 0 fully saturated rings. The number of esters is 1. The monoisotopic (exact) mass is 270 g/mol. The summed E-state index contributed by atoms with van der Waals surface area (Å²) in [7, 11) is 0. The molecule has 0 heterocycles. The predicted molar refractivity (Wildman–Crippen MR) is 60.9 cm³/mol. The molecule has 108 valence electrons. The topological polar surface area (TPSA) is 46.5 Å². The lowest BCUT2D eigenvalue weighted by molar-refractivity contribution is -0.159. The van der Waals surface area contributed by atoms with Crippen LogP contribution in [0, 0.1) is 5.92 Å². The van der Waals surface area contributed by atoms with Crippen LogP contribution in [0.15, 0.2) is 0 Å². The molecule has 0 rings (SSSR count). The third-order valence-electron chi connectivity index (χ3n) is 2.87. The van der Waals surface area contributed by atoms with E-state index in [0.29, 0.717) is 6.42 Å². The third-order valence-corrected chi connectivity index (χ3v) is 2.87. The molecule has 0 spiro atoms. The van der Waals surface area contributed by atoms with Crippen molar-refractivity contribution in [2.24, 2.45) is 5.92 Å². The maximum absolute atomic E-state index is 12.0. The maximum Gasteiger partial charge on any atom is 0.389 e. The predicted octanol–water partition coefficient (Wildman–Crippen LogP) is 3.06. The molecule has 0 amide bonds. The van der Waals surface area contributed by atoms with E-state index in [1.807, 2.05) is 0 Å². The highest BCUT2D eigenvalue weighted by Crippen LogP contribution is 2.30. The van der Waals surface area contributed by atoms with Gasteiger partial charge in [0.2, 0.25) is 0 Å². The quantitative estimate of drug-likeness (QED) is 0.723. The van der Waals surface area contributed by atoms with Gasteiger partial charge in [-0.15, -0.1) is 0 Å². The first-order chi connectivity index (χ1) is 8.14. The number of aliphatic hydroxyl groups is 1. The number of alkyl halides is 3. The molecule has 1 N–H and O–H groups in total. The van der Waals surface area contributed by atoms with E-state index in [0.717, 1.165) is 0 Å². The van der Waals surface area contributed by atoms with Gasteiger partial charge in [-0.3, -0.25) is 4.79 Å². The van der Waals surface area contributed by atoms with Gasteiger partial charge in [0.15, 0.2) is 0 Å². The van der Waals surface area contributed by atoms with Gasteiger partial charge >= 0.3 is 12.1 Å². The molecule has 0 saturated heterocycles. The smallest absolute Gasteiger partial charge is 0.389 e. The highest BCUT2D eigenvalue weighted by atomic mass is 19.4. The van der Waals surface area contributed by atoms with E-state index in [1.54, 1.807) is 13.8 Å². The normalized spacial score (nSPS) is 17.1. The lowest BCUT2D eigenvalue weighted by Crippen LogP contribution is -2.40. The van der Waals surface area contributed by atoms with E-state index in [9.17, 15) is 23.1 Å². The molecule has 0 radical (unpaired) electrons. The van der Waals surface area contributed by atoms with Crippen LogP contribution in [0.5, 0.6) is 0 Å². The second-order valence-electron chi connectivity index (χ2n) is 4.54. The highest BCUT2D eigenvalue weighted by molar-refractivity contribution is 5.73. The molecule has 0 saturated carbocycles. The Morgan fingerprint density at radius 2 is 1.83 bits per heavy atom. The molecule has 0 aliphatic heterocycles. The summed E-state index contributed by atoms with van der Waals surface area (Å²) in [6, 6.07) is 0. The van der Waals surface area contributed by atoms with Gasteiger partial charge in [-0.05, 0) is 33.1 Å². The molecular formula is C12H21F3O3. The summed E-state index contributed by atoms with van der Waals surface area (Å²) >= 11 is 0. The maximum atomic E-state index is 12.0. The van der Waals surface area contributed by atoms with Gasteiger partial charge in [0.25, 0.3) is 0 Å². The van der Waals surface area contributed by atoms with E-state index in [4.69, 9.17) is 4.74 Å². The fraction of sp³-hybridized carbons (Fsp3) is 0.917. The number of rotatable bonds is 7. The summed E-state index contributed by atoms with van der Waals surface area (Å²) in [5.74, 6) is -1.34. The summed E-state index contributed by atoms with van der Waals surface area (Å²) in [4.78, 5) is 11.6. The standard InChI is InChI=1S/C12H21F3O3/c1-4-9(10(16)18-5-2)11(3,17)7-6-8-12(13,14)15/h9,17H,4-8H2,1-3H3. The Hall–Kier alpha value is -0.780. The van der Waals surface area contributed by atoms with E-state index in [1.165, 1.54) is 6.92 Å². The zero-order valence-electron chi connectivity index (χ0n) is 11.0. The lowest BCUT2D eigenvalue weighted by atomic mass is 9.83. The van der Waals surface area contributed by atoms with Gasteiger partial charge in [0.05, 0.1) is 18.1 Å². The lowest BCUT2D eigenvalue weighted by Gasteiger charge is -2.30. The van der Waals surface area contributed by atoms with Crippen molar-refractivity contribution in [3.05, 3.63) is 0 Å². The van der Waals surface area contributed by atoms with Crippen LogP contribution in [0.3, 0.4) is 0 Å². The third kappa shape index (κ3) is 6.23. The van der Waals surface area contributed by atoms with Crippen molar-refractivity contribution in [1.82, 2.24) is 0 Å². The molecule has 0 aromatic rings. The molecule has 0 aromatic heterocycles. The van der Waals surface area contributed by atoms with Crippen molar-refractivity contribution in [1.29, 1.82) is 0 Å². The van der Waals surface area contributed by atoms with Crippen LogP contribution in [0.2, 0.25) is 0 Å². The Morgan fingerprint density at radius 3 is 2.22 bits per heavy atom. The Labute approximate surface area is 105 Å². The average molecular weight is 270 g/mol. The van der Waals surface area contributed by atoms with Crippen molar-refractivity contribution in [3.63, 3.8) is 0 Å². The average Bonchev–Trinajstić information content (AvgIpc) is 2.15. The second-order valence-corrected chi connectivity index (χ2v) is 4.54. The van der Waals surface area contributed by atoms with Crippen LogP contribution >= 0.6 is 0 Å². The second kappa shape index (κ2) is 6.97. The van der Waals surface area contributed by atoms with Gasteiger partial charge in [0, 0.05) is 6.42 Å². The van der Waals surface area contributed by atoms with E-state index >= 15 is 0 Å². The Balaban J connectivity index is 4.43. The summed E-state index contributed by atoms with van der Waals surface area (Å²) in [6.07, 6.45) is -5.14. The van der Waals surface area contributed by atoms with Crippen LogP contribution < -0.4 is 0 Å². The van der Waals surface area contributed by atoms with Crippen LogP contribution in [-0.2, 0) is 9.53 Å². The molecule has 0 aliphatic rings. The number of carbonyl (C=O) groups excluding carboxylic acids is 1. The van der Waals surface area contributed by atoms with Gasteiger partial charge in [-0.1, -0.05) is 6.92 Å². The Bertz CT molecular complexity index is 262. The zero-order valence-corrected chi connectivity index (χ0v) is 11.0. The molecule has 0 aromatic carbocycles. The van der Waals surface area contributed by atoms with Crippen molar-refractivity contribution in [2.75, 3.05) is 6.61 Å². The van der Waals surface area contributed by atoms with E-state index in [-0.39, 0.29) is 19.4 Å². The molecule has 6 heteroatoms. The minimum Gasteiger partial charge on any atom is -0.466 e. The highest BCUT2D eigenvalue weighted by Gasteiger charge is 2.38. The molecule has 0 bridgehead atoms. The zero-order chi connectivity index (χ0) is 14.4. The summed E-state index contributed by atoms with van der Waals surface area (Å²) in [5.41, 5.74) is -1.47. The van der Waals surface area contributed by atoms with Crippen LogP contribution in [0.25, 0.3) is 0 Å². The summed E-state index contributed by atoms with van der Waals surface area (Å²) in [6.45, 7) is 4.91. The van der Waals surface area contributed by atoms with Crippen molar-refractivity contribution < 1.29 is 27.8 Å². The first-order valence-corrected chi connectivity index (χ1v) is 6.09. The minimum absolute atomic E-state index is 0.0795. The first kappa shape index (κ1) is 17.2. The Morgan fingerprint density at radius 1 is 1.28 bits per heavy atom. The summed E-state index contributed by atoms with van der Waals surface area (Å²) in [5, 5.41) is 10.1. The van der Waals surface area contributed by atoms with E-state index in [2.05, 4.69) is 0 Å². The number of halogens is 3.